The Labute approximate surface area is 207 Å². The van der Waals surface area contributed by atoms with Crippen molar-refractivity contribution in [1.29, 1.82) is 0 Å². The van der Waals surface area contributed by atoms with E-state index in [-0.39, 0.29) is 11.7 Å². The van der Waals surface area contributed by atoms with E-state index in [1.54, 1.807) is 24.3 Å². The summed E-state index contributed by atoms with van der Waals surface area (Å²) < 4.78 is 0. The van der Waals surface area contributed by atoms with E-state index in [4.69, 9.17) is 0 Å². The molecule has 0 aliphatic carbocycles. The number of amides is 1. The van der Waals surface area contributed by atoms with Gasteiger partial charge in [0.1, 0.15) is 0 Å². The summed E-state index contributed by atoms with van der Waals surface area (Å²) in [6.07, 6.45) is 20.4. The van der Waals surface area contributed by atoms with Gasteiger partial charge in [0, 0.05) is 23.2 Å². The highest BCUT2D eigenvalue weighted by molar-refractivity contribution is 6.09. The van der Waals surface area contributed by atoms with Crippen molar-refractivity contribution in [3.8, 4) is 0 Å². The number of nitrogens with one attached hydrogen (secondary N) is 1. The molecule has 3 nitrogen and oxygen atoms in total. The number of unbranched alkanes of at least 4 members (excludes halogenated alkanes) is 14. The molecule has 1 N–H and O–H groups in total. The Bertz CT molecular complexity index is 798. The van der Waals surface area contributed by atoms with Crippen molar-refractivity contribution in [3.63, 3.8) is 0 Å². The number of carbonyl (C=O) groups excluding carboxylic acids is 2. The lowest BCUT2D eigenvalue weighted by molar-refractivity contribution is -0.116. The van der Waals surface area contributed by atoms with Crippen LogP contribution in [0.5, 0.6) is 0 Å². The molecular weight excluding hydrogens is 418 g/mol. The van der Waals surface area contributed by atoms with Gasteiger partial charge in [-0.3, -0.25) is 9.59 Å². The molecule has 2 aromatic carbocycles. The molecule has 0 saturated heterocycles. The number of hydrogen-bond acceptors (Lipinski definition) is 2. The third kappa shape index (κ3) is 12.2. The highest BCUT2D eigenvalue weighted by Gasteiger charge is 2.09. The number of hydrogen-bond donors (Lipinski definition) is 1. The lowest BCUT2D eigenvalue weighted by Gasteiger charge is -2.07. The maximum atomic E-state index is 12.5. The lowest BCUT2D eigenvalue weighted by atomic mass is 10.0. The summed E-state index contributed by atoms with van der Waals surface area (Å²) >= 11 is 0. The summed E-state index contributed by atoms with van der Waals surface area (Å²) in [5, 5.41) is 2.95. The van der Waals surface area contributed by atoms with Crippen LogP contribution in [0, 0.1) is 0 Å². The molecule has 3 heteroatoms. The first-order chi connectivity index (χ1) is 16.7. The average Bonchev–Trinajstić information content (AvgIpc) is 2.87. The minimum atomic E-state index is -0.00344. The van der Waals surface area contributed by atoms with E-state index in [0.717, 1.165) is 18.5 Å². The summed E-state index contributed by atoms with van der Waals surface area (Å²) in [6.45, 7) is 2.27. The molecule has 0 unspecified atom stereocenters. The number of benzene rings is 2. The molecule has 0 aliphatic heterocycles. The monoisotopic (exact) mass is 463 g/mol. The molecule has 0 fully saturated rings. The smallest absolute Gasteiger partial charge is 0.224 e. The van der Waals surface area contributed by atoms with Crippen LogP contribution in [-0.2, 0) is 4.79 Å². The predicted molar refractivity (Wildman–Crippen MR) is 144 cm³/mol. The van der Waals surface area contributed by atoms with Crippen molar-refractivity contribution in [2.75, 3.05) is 5.32 Å². The Kier molecular flexibility index (Phi) is 14.7. The van der Waals surface area contributed by atoms with Gasteiger partial charge in [-0.05, 0) is 30.7 Å². The fourth-order valence-electron chi connectivity index (χ4n) is 4.34. The predicted octanol–water partition coefficient (Wildman–Crippen LogP) is 9.12. The van der Waals surface area contributed by atoms with Gasteiger partial charge < -0.3 is 5.32 Å². The fraction of sp³-hybridized carbons (Fsp3) is 0.548. The molecule has 0 spiro atoms. The van der Waals surface area contributed by atoms with E-state index in [9.17, 15) is 9.59 Å². The summed E-state index contributed by atoms with van der Waals surface area (Å²) in [4.78, 5) is 24.7. The largest absolute Gasteiger partial charge is 0.326 e. The fourth-order valence-corrected chi connectivity index (χ4v) is 4.34. The van der Waals surface area contributed by atoms with Gasteiger partial charge in [-0.25, -0.2) is 0 Å². The van der Waals surface area contributed by atoms with E-state index < -0.39 is 0 Å². The molecule has 0 atom stereocenters. The van der Waals surface area contributed by atoms with Crippen LogP contribution in [0.2, 0.25) is 0 Å². The minimum Gasteiger partial charge on any atom is -0.326 e. The van der Waals surface area contributed by atoms with Crippen LogP contribution in [0.25, 0.3) is 0 Å². The second-order valence-corrected chi connectivity index (χ2v) is 9.52. The lowest BCUT2D eigenvalue weighted by Crippen LogP contribution is -2.11. The van der Waals surface area contributed by atoms with Gasteiger partial charge in [0.05, 0.1) is 0 Å². The standard InChI is InChI=1S/C31H45NO2/c1-2-3-4-5-6-7-8-9-10-11-12-13-14-15-19-22-30(33)32-29-25-23-28(24-26-29)31(34)27-20-17-16-18-21-27/h16-18,20-21,23-26H,2-15,19,22H2,1H3,(H,32,33). The van der Waals surface area contributed by atoms with Crippen LogP contribution in [0.3, 0.4) is 0 Å². The molecule has 34 heavy (non-hydrogen) atoms. The van der Waals surface area contributed by atoms with Gasteiger partial charge in [0.15, 0.2) is 5.78 Å². The topological polar surface area (TPSA) is 46.2 Å². The highest BCUT2D eigenvalue weighted by atomic mass is 16.1. The van der Waals surface area contributed by atoms with E-state index in [1.165, 1.54) is 83.5 Å². The second kappa shape index (κ2) is 18.0. The number of carbonyl (C=O) groups is 2. The quantitative estimate of drug-likeness (QED) is 0.167. The van der Waals surface area contributed by atoms with Gasteiger partial charge in [0.25, 0.3) is 0 Å². The van der Waals surface area contributed by atoms with Crippen LogP contribution >= 0.6 is 0 Å². The number of rotatable bonds is 19. The molecule has 0 saturated carbocycles. The molecule has 0 aliphatic rings. The van der Waals surface area contributed by atoms with Crippen molar-refractivity contribution in [3.05, 3.63) is 65.7 Å². The van der Waals surface area contributed by atoms with Crippen molar-refractivity contribution >= 4 is 17.4 Å². The molecular formula is C31H45NO2. The Morgan fingerprint density at radius 3 is 1.50 bits per heavy atom. The van der Waals surface area contributed by atoms with Gasteiger partial charge >= 0.3 is 0 Å². The Hall–Kier alpha value is -2.42. The molecule has 2 aromatic rings. The van der Waals surface area contributed by atoms with Crippen LogP contribution < -0.4 is 5.32 Å². The van der Waals surface area contributed by atoms with E-state index in [2.05, 4.69) is 12.2 Å². The zero-order valence-electron chi connectivity index (χ0n) is 21.3. The third-order valence-electron chi connectivity index (χ3n) is 6.47. The summed E-state index contributed by atoms with van der Waals surface area (Å²) in [7, 11) is 0. The third-order valence-corrected chi connectivity index (χ3v) is 6.47. The van der Waals surface area contributed by atoms with Gasteiger partial charge in [-0.15, -0.1) is 0 Å². The molecule has 0 bridgehead atoms. The first kappa shape index (κ1) is 27.8. The Morgan fingerprint density at radius 2 is 1.00 bits per heavy atom. The van der Waals surface area contributed by atoms with Crippen LogP contribution in [0.1, 0.15) is 126 Å². The van der Waals surface area contributed by atoms with Crippen molar-refractivity contribution in [2.24, 2.45) is 0 Å². The molecule has 0 aromatic heterocycles. The summed E-state index contributed by atoms with van der Waals surface area (Å²) in [5.41, 5.74) is 2.05. The van der Waals surface area contributed by atoms with Crippen molar-refractivity contribution < 1.29 is 9.59 Å². The number of anilines is 1. The van der Waals surface area contributed by atoms with Crippen LogP contribution in [0.15, 0.2) is 54.6 Å². The van der Waals surface area contributed by atoms with Crippen molar-refractivity contribution in [1.82, 2.24) is 0 Å². The first-order valence-corrected chi connectivity index (χ1v) is 13.7. The molecule has 0 radical (unpaired) electrons. The van der Waals surface area contributed by atoms with Gasteiger partial charge in [0.2, 0.25) is 5.91 Å². The minimum absolute atomic E-state index is 0.00344. The van der Waals surface area contributed by atoms with Gasteiger partial charge in [-0.1, -0.05) is 127 Å². The zero-order chi connectivity index (χ0) is 24.3. The average molecular weight is 464 g/mol. The highest BCUT2D eigenvalue weighted by Crippen LogP contribution is 2.16. The Morgan fingerprint density at radius 1 is 0.559 bits per heavy atom. The summed E-state index contributed by atoms with van der Waals surface area (Å²) in [5.74, 6) is 0.0492. The maximum Gasteiger partial charge on any atom is 0.224 e. The van der Waals surface area contributed by atoms with Gasteiger partial charge in [-0.2, -0.15) is 0 Å². The molecule has 1 amide bonds. The Balaban J connectivity index is 1.45. The summed E-state index contributed by atoms with van der Waals surface area (Å²) in [6, 6.07) is 16.4. The second-order valence-electron chi connectivity index (χ2n) is 9.52. The van der Waals surface area contributed by atoms with E-state index in [1.807, 2.05) is 30.3 Å². The van der Waals surface area contributed by atoms with Crippen LogP contribution in [-0.4, -0.2) is 11.7 Å². The number of ketones is 1. The first-order valence-electron chi connectivity index (χ1n) is 13.7. The SMILES string of the molecule is CCCCCCCCCCCCCCCCCC(=O)Nc1ccc(C(=O)c2ccccc2)cc1. The van der Waals surface area contributed by atoms with E-state index in [0.29, 0.717) is 17.5 Å². The van der Waals surface area contributed by atoms with Crippen LogP contribution in [0.4, 0.5) is 5.69 Å². The normalized spacial score (nSPS) is 10.9. The molecule has 2 rings (SSSR count). The molecule has 186 valence electrons. The zero-order valence-corrected chi connectivity index (χ0v) is 21.3. The molecule has 0 heterocycles. The van der Waals surface area contributed by atoms with E-state index >= 15 is 0 Å². The van der Waals surface area contributed by atoms with Crippen molar-refractivity contribution in [2.45, 2.75) is 110 Å². The maximum absolute atomic E-state index is 12.5.